The minimum atomic E-state index is -3.57. The van der Waals surface area contributed by atoms with Crippen LogP contribution in [0.4, 0.5) is 0 Å². The first-order valence-corrected chi connectivity index (χ1v) is 12.3. The lowest BCUT2D eigenvalue weighted by atomic mass is 10.0. The van der Waals surface area contributed by atoms with Gasteiger partial charge in [0, 0.05) is 24.7 Å². The molecule has 0 saturated carbocycles. The number of hydrogen-bond donors (Lipinski definition) is 1. The molecule has 0 bridgehead atoms. The predicted molar refractivity (Wildman–Crippen MR) is 122 cm³/mol. The summed E-state index contributed by atoms with van der Waals surface area (Å²) in [4.78, 5) is 13.1. The molecule has 168 valence electrons. The molecular weight excluding hydrogens is 412 g/mol. The van der Waals surface area contributed by atoms with Crippen molar-refractivity contribution in [1.29, 1.82) is 0 Å². The van der Waals surface area contributed by atoms with Crippen molar-refractivity contribution in [2.24, 2.45) is 0 Å². The van der Waals surface area contributed by atoms with Gasteiger partial charge in [0.15, 0.2) is 0 Å². The molecule has 1 fully saturated rings. The van der Waals surface area contributed by atoms with Gasteiger partial charge in [0.05, 0.1) is 12.0 Å². The van der Waals surface area contributed by atoms with Crippen LogP contribution in [0.15, 0.2) is 47.4 Å². The number of methoxy groups -OCH3 is 1. The lowest BCUT2D eigenvalue weighted by molar-refractivity contribution is 0.0937. The third-order valence-corrected chi connectivity index (χ3v) is 7.70. The molecule has 1 saturated heterocycles. The van der Waals surface area contributed by atoms with Crippen molar-refractivity contribution in [3.05, 3.63) is 59.2 Å². The van der Waals surface area contributed by atoms with Crippen LogP contribution in [0, 0.1) is 6.92 Å². The van der Waals surface area contributed by atoms with Crippen molar-refractivity contribution in [3.8, 4) is 5.75 Å². The number of carbonyl (C=O) groups is 1. The van der Waals surface area contributed by atoms with Crippen LogP contribution in [0.2, 0.25) is 0 Å². The molecule has 1 heterocycles. The first-order valence-electron chi connectivity index (χ1n) is 10.9. The lowest BCUT2D eigenvalue weighted by Gasteiger charge is -2.26. The molecule has 1 aliphatic heterocycles. The van der Waals surface area contributed by atoms with Crippen LogP contribution < -0.4 is 10.1 Å². The average molecular weight is 445 g/mol. The zero-order valence-electron chi connectivity index (χ0n) is 18.6. The highest BCUT2D eigenvalue weighted by Gasteiger charge is 2.27. The highest BCUT2D eigenvalue weighted by Crippen LogP contribution is 2.23. The van der Waals surface area contributed by atoms with Gasteiger partial charge in [0.1, 0.15) is 5.75 Å². The average Bonchev–Trinajstić information content (AvgIpc) is 2.78. The van der Waals surface area contributed by atoms with E-state index < -0.39 is 10.0 Å². The lowest BCUT2D eigenvalue weighted by Crippen LogP contribution is -2.36. The largest absolute Gasteiger partial charge is 0.497 e. The molecule has 1 amide bonds. The van der Waals surface area contributed by atoms with Crippen LogP contribution in [0.25, 0.3) is 0 Å². The van der Waals surface area contributed by atoms with Gasteiger partial charge in [-0.2, -0.15) is 4.31 Å². The molecule has 7 heteroatoms. The fraction of sp³-hybridized carbons (Fsp3) is 0.458. The molecule has 0 aliphatic carbocycles. The van der Waals surface area contributed by atoms with E-state index in [1.165, 1.54) is 15.9 Å². The van der Waals surface area contributed by atoms with E-state index in [1.807, 2.05) is 38.1 Å². The summed E-state index contributed by atoms with van der Waals surface area (Å²) in [7, 11) is -1.93. The van der Waals surface area contributed by atoms with Crippen LogP contribution >= 0.6 is 0 Å². The van der Waals surface area contributed by atoms with E-state index in [-0.39, 0.29) is 16.8 Å². The third-order valence-electron chi connectivity index (χ3n) is 5.81. The number of nitrogens with zero attached hydrogens (tertiary/aromatic N) is 1. The summed E-state index contributed by atoms with van der Waals surface area (Å²) in [5.41, 5.74) is 2.35. The molecule has 6 nitrogen and oxygen atoms in total. The van der Waals surface area contributed by atoms with E-state index in [9.17, 15) is 13.2 Å². The molecule has 2 aromatic rings. The Bertz CT molecular complexity index is 997. The molecule has 0 aromatic heterocycles. The fourth-order valence-corrected chi connectivity index (χ4v) is 5.35. The number of rotatable bonds is 8. The Morgan fingerprint density at radius 3 is 2.42 bits per heavy atom. The molecule has 1 atom stereocenters. The number of aryl methyl sites for hydroxylation is 2. The Morgan fingerprint density at radius 1 is 1.10 bits per heavy atom. The van der Waals surface area contributed by atoms with Gasteiger partial charge >= 0.3 is 0 Å². The monoisotopic (exact) mass is 444 g/mol. The summed E-state index contributed by atoms with van der Waals surface area (Å²) in [6.45, 7) is 4.87. The molecule has 31 heavy (non-hydrogen) atoms. The Balaban J connectivity index is 1.65. The maximum absolute atomic E-state index is 13.0. The van der Waals surface area contributed by atoms with Gasteiger partial charge in [-0.05, 0) is 74.9 Å². The van der Waals surface area contributed by atoms with Crippen LogP contribution in [-0.2, 0) is 16.4 Å². The predicted octanol–water partition coefficient (Wildman–Crippen LogP) is 3.93. The minimum absolute atomic E-state index is 0.0450. The van der Waals surface area contributed by atoms with Crippen LogP contribution in [0.1, 0.15) is 54.1 Å². The van der Waals surface area contributed by atoms with Crippen molar-refractivity contribution in [2.45, 2.75) is 56.9 Å². The number of sulfonamides is 1. The van der Waals surface area contributed by atoms with E-state index >= 15 is 0 Å². The van der Waals surface area contributed by atoms with E-state index in [4.69, 9.17) is 4.74 Å². The van der Waals surface area contributed by atoms with Crippen molar-refractivity contribution in [3.63, 3.8) is 0 Å². The highest BCUT2D eigenvalue weighted by atomic mass is 32.2. The Kier molecular flexibility index (Phi) is 7.73. The second-order valence-electron chi connectivity index (χ2n) is 8.20. The maximum atomic E-state index is 13.0. The summed E-state index contributed by atoms with van der Waals surface area (Å²) in [6, 6.07) is 12.7. The zero-order chi connectivity index (χ0) is 22.4. The topological polar surface area (TPSA) is 75.7 Å². The number of carbonyl (C=O) groups excluding carboxylic acids is 1. The zero-order valence-corrected chi connectivity index (χ0v) is 19.4. The quantitative estimate of drug-likeness (QED) is 0.669. The van der Waals surface area contributed by atoms with Gasteiger partial charge in [-0.15, -0.1) is 0 Å². The third kappa shape index (κ3) is 5.86. The molecule has 1 unspecified atom stereocenters. The molecule has 1 N–H and O–H groups in total. The van der Waals surface area contributed by atoms with Gasteiger partial charge in [-0.3, -0.25) is 4.79 Å². The van der Waals surface area contributed by atoms with Gasteiger partial charge in [0.25, 0.3) is 5.91 Å². The van der Waals surface area contributed by atoms with Gasteiger partial charge in [-0.25, -0.2) is 8.42 Å². The molecule has 3 rings (SSSR count). The number of piperidine rings is 1. The van der Waals surface area contributed by atoms with Crippen molar-refractivity contribution >= 4 is 15.9 Å². The Hall–Kier alpha value is -2.38. The maximum Gasteiger partial charge on any atom is 0.251 e. The Labute approximate surface area is 185 Å². The number of benzene rings is 2. The number of ether oxygens (including phenoxy) is 1. The van der Waals surface area contributed by atoms with E-state index in [1.54, 1.807) is 19.2 Å². The Morgan fingerprint density at radius 2 is 1.77 bits per heavy atom. The second kappa shape index (κ2) is 10.3. The van der Waals surface area contributed by atoms with Gasteiger partial charge in [0.2, 0.25) is 10.0 Å². The van der Waals surface area contributed by atoms with Gasteiger partial charge < -0.3 is 10.1 Å². The van der Waals surface area contributed by atoms with E-state index in [0.717, 1.165) is 43.4 Å². The molecule has 0 radical (unpaired) electrons. The number of nitrogens with one attached hydrogen (secondary N) is 1. The summed E-state index contributed by atoms with van der Waals surface area (Å²) in [5, 5.41) is 3.02. The van der Waals surface area contributed by atoms with E-state index in [2.05, 4.69) is 5.32 Å². The standard InChI is InChI=1S/C24H32N2O4S/c1-18-7-14-22(31(28,29)26-15-5-4-6-16-26)17-23(18)24(27)25-19(2)8-9-20-10-12-21(30-3)13-11-20/h7,10-14,17,19H,4-6,8-9,15-16H2,1-3H3,(H,25,27). The summed E-state index contributed by atoms with van der Waals surface area (Å²) in [5.74, 6) is 0.579. The highest BCUT2D eigenvalue weighted by molar-refractivity contribution is 7.89. The van der Waals surface area contributed by atoms with Crippen LogP contribution in [0.5, 0.6) is 5.75 Å². The van der Waals surface area contributed by atoms with Crippen molar-refractivity contribution in [2.75, 3.05) is 20.2 Å². The minimum Gasteiger partial charge on any atom is -0.497 e. The first-order chi connectivity index (χ1) is 14.8. The molecule has 2 aromatic carbocycles. The number of hydrogen-bond acceptors (Lipinski definition) is 4. The van der Waals surface area contributed by atoms with Crippen LogP contribution in [-0.4, -0.2) is 44.9 Å². The second-order valence-corrected chi connectivity index (χ2v) is 10.1. The van der Waals surface area contributed by atoms with Crippen molar-refractivity contribution in [1.82, 2.24) is 9.62 Å². The van der Waals surface area contributed by atoms with Crippen molar-refractivity contribution < 1.29 is 17.9 Å². The SMILES string of the molecule is COc1ccc(CCC(C)NC(=O)c2cc(S(=O)(=O)N3CCCCC3)ccc2C)cc1. The molecule has 0 spiro atoms. The smallest absolute Gasteiger partial charge is 0.251 e. The van der Waals surface area contributed by atoms with Gasteiger partial charge in [-0.1, -0.05) is 24.6 Å². The summed E-state index contributed by atoms with van der Waals surface area (Å²) in [6.07, 6.45) is 4.42. The van der Waals surface area contributed by atoms with Crippen LogP contribution in [0.3, 0.4) is 0 Å². The first kappa shape index (κ1) is 23.3. The fourth-order valence-electron chi connectivity index (χ4n) is 3.81. The molecule has 1 aliphatic rings. The normalized spacial score (nSPS) is 16.0. The van der Waals surface area contributed by atoms with E-state index in [0.29, 0.717) is 18.7 Å². The summed E-state index contributed by atoms with van der Waals surface area (Å²) >= 11 is 0. The number of amides is 1. The molecular formula is C24H32N2O4S. The summed E-state index contributed by atoms with van der Waals surface area (Å²) < 4.78 is 32.7.